The Morgan fingerprint density at radius 2 is 2.17 bits per heavy atom. The summed E-state index contributed by atoms with van der Waals surface area (Å²) in [7, 11) is -4.05. The van der Waals surface area contributed by atoms with Crippen molar-refractivity contribution in [1.29, 1.82) is 0 Å². The van der Waals surface area contributed by atoms with Gasteiger partial charge in [0.2, 0.25) is 0 Å². The van der Waals surface area contributed by atoms with Gasteiger partial charge in [0.15, 0.2) is 10.9 Å². The van der Waals surface area contributed by atoms with Crippen LogP contribution in [0.1, 0.15) is 17.2 Å². The molecule has 1 fully saturated rings. The van der Waals surface area contributed by atoms with Gasteiger partial charge in [-0.25, -0.2) is 13.4 Å². The lowest BCUT2D eigenvalue weighted by atomic mass is 10.1. The number of hydrogen-bond donors (Lipinski definition) is 2. The Morgan fingerprint density at radius 1 is 1.39 bits per heavy atom. The smallest absolute Gasteiger partial charge is 0.267 e. The normalized spacial score (nSPS) is 18.3. The number of sulfonamides is 1. The molecule has 1 aliphatic heterocycles. The van der Waals surface area contributed by atoms with Crippen LogP contribution in [0.2, 0.25) is 10.0 Å². The van der Waals surface area contributed by atoms with Crippen molar-refractivity contribution in [3.8, 4) is 5.75 Å². The van der Waals surface area contributed by atoms with Crippen LogP contribution in [0.4, 0.5) is 5.13 Å². The fourth-order valence-electron chi connectivity index (χ4n) is 2.20. The third-order valence-corrected chi connectivity index (χ3v) is 6.42. The van der Waals surface area contributed by atoms with Crippen LogP contribution in [0.3, 0.4) is 0 Å². The first kappa shape index (κ1) is 16.8. The van der Waals surface area contributed by atoms with Crippen LogP contribution in [0.25, 0.3) is 0 Å². The number of phenolic OH excluding ortho intramolecular Hbond substituents is 1. The van der Waals surface area contributed by atoms with Crippen LogP contribution < -0.4 is 4.72 Å². The molecule has 6 nitrogen and oxygen atoms in total. The monoisotopic (exact) mass is 394 g/mol. The SMILES string of the molecule is O=S(=O)(Nc1ncc(C2CCOC2)s1)c1cc(Cl)cc(Cl)c1O. The summed E-state index contributed by atoms with van der Waals surface area (Å²) in [4.78, 5) is 4.63. The molecule has 1 atom stereocenters. The molecule has 2 heterocycles. The van der Waals surface area contributed by atoms with Crippen molar-refractivity contribution in [3.63, 3.8) is 0 Å². The molecule has 0 spiro atoms. The Morgan fingerprint density at radius 3 is 2.87 bits per heavy atom. The molecule has 0 aliphatic carbocycles. The molecule has 0 radical (unpaired) electrons. The highest BCUT2D eigenvalue weighted by molar-refractivity contribution is 7.93. The van der Waals surface area contributed by atoms with E-state index in [4.69, 9.17) is 27.9 Å². The van der Waals surface area contributed by atoms with E-state index in [9.17, 15) is 13.5 Å². The summed E-state index contributed by atoms with van der Waals surface area (Å²) in [6.07, 6.45) is 2.52. The Kier molecular flexibility index (Phi) is 4.70. The molecule has 2 N–H and O–H groups in total. The Bertz CT molecular complexity index is 832. The molecule has 2 aromatic rings. The number of nitrogens with one attached hydrogen (secondary N) is 1. The molecule has 0 bridgehead atoms. The second-order valence-corrected chi connectivity index (χ2v) is 8.52. The summed E-state index contributed by atoms with van der Waals surface area (Å²) in [5.41, 5.74) is 0. The zero-order valence-electron chi connectivity index (χ0n) is 11.6. The lowest BCUT2D eigenvalue weighted by molar-refractivity contribution is 0.194. The van der Waals surface area contributed by atoms with Gasteiger partial charge in [0.1, 0.15) is 4.90 Å². The minimum absolute atomic E-state index is 0.108. The zero-order valence-corrected chi connectivity index (χ0v) is 14.8. The van der Waals surface area contributed by atoms with E-state index in [-0.39, 0.29) is 21.1 Å². The second kappa shape index (κ2) is 6.45. The van der Waals surface area contributed by atoms with Gasteiger partial charge >= 0.3 is 0 Å². The maximum atomic E-state index is 12.4. The summed E-state index contributed by atoms with van der Waals surface area (Å²) < 4.78 is 32.5. The fraction of sp³-hybridized carbons (Fsp3) is 0.308. The third kappa shape index (κ3) is 3.56. The van der Waals surface area contributed by atoms with Crippen LogP contribution in [0.15, 0.2) is 23.2 Å². The van der Waals surface area contributed by atoms with Gasteiger partial charge in [-0.1, -0.05) is 23.2 Å². The number of anilines is 1. The molecule has 1 aliphatic rings. The third-order valence-electron chi connectivity index (χ3n) is 3.36. The largest absolute Gasteiger partial charge is 0.505 e. The van der Waals surface area contributed by atoms with Crippen molar-refractivity contribution in [3.05, 3.63) is 33.3 Å². The van der Waals surface area contributed by atoms with Gasteiger partial charge in [0.05, 0.1) is 11.6 Å². The number of ether oxygens (including phenoxy) is 1. The van der Waals surface area contributed by atoms with Crippen molar-refractivity contribution in [1.82, 2.24) is 4.98 Å². The summed E-state index contributed by atoms with van der Waals surface area (Å²) >= 11 is 12.8. The highest BCUT2D eigenvalue weighted by Gasteiger charge is 2.25. The number of phenols is 1. The molecule has 0 amide bonds. The van der Waals surface area contributed by atoms with E-state index < -0.39 is 20.7 Å². The molecule has 1 aromatic heterocycles. The predicted molar refractivity (Wildman–Crippen MR) is 89.2 cm³/mol. The molecule has 23 heavy (non-hydrogen) atoms. The standard InChI is InChI=1S/C13H12Cl2N2O4S2/c14-8-3-9(15)12(18)11(4-8)23(19,20)17-13-16-5-10(22-13)7-1-2-21-6-7/h3-5,7,18H,1-2,6H2,(H,16,17). The fourth-order valence-corrected chi connectivity index (χ4v) is 5.13. The minimum Gasteiger partial charge on any atom is -0.505 e. The summed E-state index contributed by atoms with van der Waals surface area (Å²) in [6, 6.07) is 2.39. The number of halogens is 2. The Labute approximate surface area is 147 Å². The molecule has 10 heteroatoms. The van der Waals surface area contributed by atoms with Crippen molar-refractivity contribution >= 4 is 49.7 Å². The summed E-state index contributed by atoms with van der Waals surface area (Å²) in [5, 5.41) is 10.1. The summed E-state index contributed by atoms with van der Waals surface area (Å²) in [6.45, 7) is 1.30. The van der Waals surface area contributed by atoms with Crippen molar-refractivity contribution < 1.29 is 18.3 Å². The van der Waals surface area contributed by atoms with Crippen LogP contribution in [0.5, 0.6) is 5.75 Å². The number of aromatic nitrogens is 1. The van der Waals surface area contributed by atoms with Crippen LogP contribution >= 0.6 is 34.5 Å². The Balaban J connectivity index is 1.87. The van der Waals surface area contributed by atoms with Gasteiger partial charge in [-0.3, -0.25) is 4.72 Å². The number of rotatable bonds is 4. The topological polar surface area (TPSA) is 88.5 Å². The van der Waals surface area contributed by atoms with Gasteiger partial charge in [-0.2, -0.15) is 0 Å². The van der Waals surface area contributed by atoms with Gasteiger partial charge in [-0.05, 0) is 18.6 Å². The van der Waals surface area contributed by atoms with Gasteiger partial charge in [0, 0.05) is 28.6 Å². The van der Waals surface area contributed by atoms with E-state index in [2.05, 4.69) is 9.71 Å². The van der Waals surface area contributed by atoms with Crippen LogP contribution in [-0.4, -0.2) is 31.7 Å². The molecular weight excluding hydrogens is 383 g/mol. The molecule has 3 rings (SSSR count). The van der Waals surface area contributed by atoms with E-state index >= 15 is 0 Å². The highest BCUT2D eigenvalue weighted by Crippen LogP contribution is 2.36. The average molecular weight is 395 g/mol. The first-order chi connectivity index (χ1) is 10.9. The lowest BCUT2D eigenvalue weighted by Crippen LogP contribution is -2.13. The molecular formula is C13H12Cl2N2O4S2. The molecule has 1 aromatic carbocycles. The number of hydrogen-bond acceptors (Lipinski definition) is 6. The van der Waals surface area contributed by atoms with Gasteiger partial charge < -0.3 is 9.84 Å². The van der Waals surface area contributed by atoms with E-state index in [0.29, 0.717) is 13.2 Å². The highest BCUT2D eigenvalue weighted by atomic mass is 35.5. The van der Waals surface area contributed by atoms with Gasteiger partial charge in [0.25, 0.3) is 10.0 Å². The first-order valence-electron chi connectivity index (χ1n) is 6.61. The van der Waals surface area contributed by atoms with E-state index in [1.165, 1.54) is 17.4 Å². The van der Waals surface area contributed by atoms with Crippen molar-refractivity contribution in [2.75, 3.05) is 17.9 Å². The Hall–Kier alpha value is -1.06. The molecule has 124 valence electrons. The minimum atomic E-state index is -4.05. The molecule has 0 saturated carbocycles. The predicted octanol–water partition coefficient (Wildman–Crippen LogP) is 3.46. The van der Waals surface area contributed by atoms with Crippen molar-refractivity contribution in [2.45, 2.75) is 17.2 Å². The number of benzene rings is 1. The van der Waals surface area contributed by atoms with Crippen molar-refractivity contribution in [2.24, 2.45) is 0 Å². The molecule has 1 unspecified atom stereocenters. The van der Waals surface area contributed by atoms with E-state index in [1.54, 1.807) is 6.20 Å². The second-order valence-electron chi connectivity index (χ2n) is 4.97. The maximum Gasteiger partial charge on any atom is 0.267 e. The van der Waals surface area contributed by atoms with Gasteiger partial charge in [-0.15, -0.1) is 11.3 Å². The summed E-state index contributed by atoms with van der Waals surface area (Å²) in [5.74, 6) is -0.315. The quantitative estimate of drug-likeness (QED) is 0.828. The van der Waals surface area contributed by atoms with Crippen LogP contribution in [-0.2, 0) is 14.8 Å². The maximum absolute atomic E-state index is 12.4. The lowest BCUT2D eigenvalue weighted by Gasteiger charge is -2.09. The number of aromatic hydroxyl groups is 1. The van der Waals surface area contributed by atoms with E-state index in [1.807, 2.05) is 0 Å². The zero-order chi connectivity index (χ0) is 16.6. The number of nitrogens with zero attached hydrogens (tertiary/aromatic N) is 1. The van der Waals surface area contributed by atoms with E-state index in [0.717, 1.165) is 17.4 Å². The number of thiazole rings is 1. The molecule has 1 saturated heterocycles. The average Bonchev–Trinajstić information content (AvgIpc) is 3.12. The van der Waals surface area contributed by atoms with Crippen LogP contribution in [0, 0.1) is 0 Å². The first-order valence-corrected chi connectivity index (χ1v) is 9.66.